The third-order valence-electron chi connectivity index (χ3n) is 8.55. The molecule has 4 unspecified atom stereocenters. The van der Waals surface area contributed by atoms with Crippen molar-refractivity contribution in [1.82, 2.24) is 19.5 Å². The van der Waals surface area contributed by atoms with Gasteiger partial charge in [0.15, 0.2) is 17.0 Å². The van der Waals surface area contributed by atoms with Gasteiger partial charge in [0.2, 0.25) is 5.82 Å². The molecule has 3 saturated carbocycles. The molecule has 0 saturated heterocycles. The summed E-state index contributed by atoms with van der Waals surface area (Å²) in [5.41, 5.74) is 1.79. The van der Waals surface area contributed by atoms with E-state index in [1.54, 1.807) is 23.0 Å². The molecule has 3 aliphatic rings. The molecule has 39 heavy (non-hydrogen) atoms. The minimum Gasteiger partial charge on any atom is -0.389 e. The van der Waals surface area contributed by atoms with Gasteiger partial charge in [-0.3, -0.25) is 4.79 Å². The molecule has 8 nitrogen and oxygen atoms in total. The van der Waals surface area contributed by atoms with E-state index in [0.717, 1.165) is 6.42 Å². The zero-order chi connectivity index (χ0) is 26.9. The van der Waals surface area contributed by atoms with Gasteiger partial charge in [0, 0.05) is 17.5 Å². The molecule has 4 aromatic rings. The van der Waals surface area contributed by atoms with Crippen molar-refractivity contribution < 1.29 is 19.4 Å². The molecule has 0 amide bonds. The molecule has 0 spiro atoms. The molecule has 0 aliphatic heterocycles. The lowest BCUT2D eigenvalue weighted by Gasteiger charge is -2.23. The van der Waals surface area contributed by atoms with E-state index in [1.165, 1.54) is 24.6 Å². The molecule has 2 aromatic carbocycles. The summed E-state index contributed by atoms with van der Waals surface area (Å²) in [6.45, 7) is 1.47. The summed E-state index contributed by atoms with van der Waals surface area (Å²) in [5.74, 6) is 6.24. The van der Waals surface area contributed by atoms with Crippen molar-refractivity contribution >= 4 is 22.8 Å². The van der Waals surface area contributed by atoms with Crippen molar-refractivity contribution in [2.45, 2.75) is 50.0 Å². The van der Waals surface area contributed by atoms with Crippen LogP contribution >= 0.6 is 0 Å². The molecule has 3 aliphatic carbocycles. The van der Waals surface area contributed by atoms with Crippen molar-refractivity contribution in [3.63, 3.8) is 0 Å². The molecule has 196 valence electrons. The van der Waals surface area contributed by atoms with Crippen LogP contribution in [0.1, 0.15) is 48.7 Å². The number of benzene rings is 2. The van der Waals surface area contributed by atoms with Crippen LogP contribution in [0, 0.1) is 29.0 Å². The minimum atomic E-state index is -1.15. The highest BCUT2D eigenvalue weighted by molar-refractivity contribution is 5.88. The fraction of sp³-hybridized carbons (Fsp3) is 0.333. The van der Waals surface area contributed by atoms with Crippen molar-refractivity contribution in [3.8, 4) is 11.8 Å². The number of nitrogens with zero attached hydrogens (tertiary/aromatic N) is 4. The third-order valence-corrected chi connectivity index (χ3v) is 8.55. The number of ketones is 1. The second kappa shape index (κ2) is 8.70. The summed E-state index contributed by atoms with van der Waals surface area (Å²) in [4.78, 5) is 26.3. The molecule has 0 radical (unpaired) electrons. The molecule has 9 heteroatoms. The zero-order valence-electron chi connectivity index (χ0n) is 21.1. The molecule has 3 N–H and O–H groups in total. The summed E-state index contributed by atoms with van der Waals surface area (Å²) < 4.78 is 15.4. The lowest BCUT2D eigenvalue weighted by molar-refractivity contribution is -0.128. The van der Waals surface area contributed by atoms with Crippen LogP contribution in [0.4, 0.5) is 10.2 Å². The number of rotatable bonds is 5. The van der Waals surface area contributed by atoms with Gasteiger partial charge < -0.3 is 20.1 Å². The highest BCUT2D eigenvalue weighted by Gasteiger charge is 2.74. The Hall–Kier alpha value is -4.13. The lowest BCUT2D eigenvalue weighted by atomic mass is 9.95. The van der Waals surface area contributed by atoms with Gasteiger partial charge in [0.25, 0.3) is 0 Å². The van der Waals surface area contributed by atoms with Gasteiger partial charge in [-0.25, -0.2) is 19.3 Å². The average molecular weight is 524 g/mol. The number of halogens is 1. The largest absolute Gasteiger partial charge is 0.389 e. The van der Waals surface area contributed by atoms with Gasteiger partial charge >= 0.3 is 0 Å². The van der Waals surface area contributed by atoms with Crippen LogP contribution in [0.15, 0.2) is 60.9 Å². The molecule has 2 aromatic heterocycles. The number of hydrogen-bond acceptors (Lipinski definition) is 7. The summed E-state index contributed by atoms with van der Waals surface area (Å²) in [6, 6.07) is 15.8. The van der Waals surface area contributed by atoms with E-state index < -0.39 is 23.7 Å². The van der Waals surface area contributed by atoms with Gasteiger partial charge in [-0.1, -0.05) is 42.3 Å². The topological polar surface area (TPSA) is 113 Å². The van der Waals surface area contributed by atoms with Crippen LogP contribution < -0.4 is 5.32 Å². The van der Waals surface area contributed by atoms with E-state index in [1.807, 2.05) is 18.2 Å². The maximum atomic E-state index is 13.7. The van der Waals surface area contributed by atoms with Crippen molar-refractivity contribution in [2.24, 2.45) is 11.3 Å². The van der Waals surface area contributed by atoms with Crippen molar-refractivity contribution in [2.75, 3.05) is 5.32 Å². The van der Waals surface area contributed by atoms with E-state index in [9.17, 15) is 19.4 Å². The highest BCUT2D eigenvalue weighted by Crippen LogP contribution is 2.68. The Kier molecular flexibility index (Phi) is 5.34. The first-order chi connectivity index (χ1) is 18.9. The van der Waals surface area contributed by atoms with Gasteiger partial charge in [0.05, 0.1) is 23.9 Å². The predicted molar refractivity (Wildman–Crippen MR) is 141 cm³/mol. The number of fused-ring (bicyclic) bond motifs is 2. The van der Waals surface area contributed by atoms with Gasteiger partial charge in [-0.05, 0) is 55.4 Å². The molecule has 2 heterocycles. The molecule has 7 atom stereocenters. The molecular formula is C30H26FN5O3. The van der Waals surface area contributed by atoms with Crippen LogP contribution in [0.3, 0.4) is 0 Å². The Bertz CT molecular complexity index is 1680. The SMILES string of the molecule is CC(=O)[C@@]12CC1[C@@H](n1cnc3c(NC4CC4c4ccccc4)nc(C#Cc4cccc(F)c4)nc31)[C@H](O)C2O. The number of aliphatic hydroxyl groups is 2. The number of nitrogens with one attached hydrogen (secondary N) is 1. The van der Waals surface area contributed by atoms with E-state index >= 15 is 0 Å². The van der Waals surface area contributed by atoms with Gasteiger partial charge in [0.1, 0.15) is 17.7 Å². The second-order valence-corrected chi connectivity index (χ2v) is 10.8. The first-order valence-electron chi connectivity index (χ1n) is 13.1. The maximum Gasteiger partial charge on any atom is 0.209 e. The molecule has 0 bridgehead atoms. The number of aliphatic hydroxyl groups excluding tert-OH is 2. The number of aromatic nitrogens is 4. The Morgan fingerprint density at radius 1 is 1.13 bits per heavy atom. The Morgan fingerprint density at radius 3 is 2.69 bits per heavy atom. The highest BCUT2D eigenvalue weighted by atomic mass is 19.1. The fourth-order valence-corrected chi connectivity index (χ4v) is 6.36. The zero-order valence-corrected chi connectivity index (χ0v) is 21.1. The maximum absolute atomic E-state index is 13.7. The molecular weight excluding hydrogens is 497 g/mol. The monoisotopic (exact) mass is 523 g/mol. The first kappa shape index (κ1) is 23.9. The number of Topliss-reactive ketones (excluding diaryl/α,β-unsaturated/α-hetero) is 1. The van der Waals surface area contributed by atoms with Crippen molar-refractivity contribution in [1.29, 1.82) is 0 Å². The predicted octanol–water partition coefficient (Wildman–Crippen LogP) is 3.21. The Balaban J connectivity index is 1.29. The normalized spacial score (nSPS) is 30.4. The second-order valence-electron chi connectivity index (χ2n) is 10.8. The summed E-state index contributed by atoms with van der Waals surface area (Å²) >= 11 is 0. The molecule has 7 rings (SSSR count). The average Bonchev–Trinajstić information content (AvgIpc) is 3.81. The van der Waals surface area contributed by atoms with E-state index in [0.29, 0.717) is 34.9 Å². The van der Waals surface area contributed by atoms with Gasteiger partial charge in [-0.15, -0.1) is 0 Å². The lowest BCUT2D eigenvalue weighted by Crippen LogP contribution is -2.36. The number of anilines is 1. The minimum absolute atomic E-state index is 0.120. The number of carbonyl (C=O) groups excluding carboxylic acids is 1. The van der Waals surface area contributed by atoms with Crippen molar-refractivity contribution in [3.05, 3.63) is 83.7 Å². The van der Waals surface area contributed by atoms with Crippen LogP contribution in [-0.4, -0.2) is 53.8 Å². The Labute approximate surface area is 223 Å². The van der Waals surface area contributed by atoms with Crippen LogP contribution in [0.25, 0.3) is 11.2 Å². The number of imidazole rings is 1. The van der Waals surface area contributed by atoms with E-state index in [-0.39, 0.29) is 29.4 Å². The fourth-order valence-electron chi connectivity index (χ4n) is 6.36. The Morgan fingerprint density at radius 2 is 1.95 bits per heavy atom. The first-order valence-corrected chi connectivity index (χ1v) is 13.1. The summed E-state index contributed by atoms with van der Waals surface area (Å²) in [6.07, 6.45) is 0.757. The van der Waals surface area contributed by atoms with E-state index in [4.69, 9.17) is 0 Å². The quantitative estimate of drug-likeness (QED) is 0.344. The number of carbonyl (C=O) groups is 1. The summed E-state index contributed by atoms with van der Waals surface area (Å²) in [7, 11) is 0. The summed E-state index contributed by atoms with van der Waals surface area (Å²) in [5, 5.41) is 25.2. The van der Waals surface area contributed by atoms with Crippen LogP contribution in [0.2, 0.25) is 0 Å². The van der Waals surface area contributed by atoms with Crippen LogP contribution in [0.5, 0.6) is 0 Å². The standard InChI is InChI=1S/C30H26FN5O3/c1-16(37)30-14-21(30)25(26(38)27(30)39)36-15-32-24-28(33-22-13-20(22)18-7-3-2-4-8-18)34-23(35-29(24)36)11-10-17-6-5-9-19(31)12-17/h2-9,12,15,20-22,25-27,38-39H,13-14H2,1H3,(H,33,34,35)/t20?,21?,22?,25-,26+,27?,30+/m1/s1. The number of hydrogen-bond donors (Lipinski definition) is 3. The van der Waals surface area contributed by atoms with Gasteiger partial charge in [-0.2, -0.15) is 0 Å². The smallest absolute Gasteiger partial charge is 0.209 e. The van der Waals surface area contributed by atoms with Crippen LogP contribution in [-0.2, 0) is 4.79 Å². The van der Waals surface area contributed by atoms with E-state index in [2.05, 4.69) is 44.2 Å². The third kappa shape index (κ3) is 3.82. The molecule has 3 fully saturated rings.